The largest absolute Gasteiger partial charge is 0.375 e. The molecule has 1 aliphatic rings. The Morgan fingerprint density at radius 3 is 2.87 bits per heavy atom. The first kappa shape index (κ1) is 19.3. The van der Waals surface area contributed by atoms with E-state index in [9.17, 15) is 4.79 Å². The number of carbonyl (C=O) groups excluding carboxylic acids is 1. The molecule has 7 heteroatoms. The number of fused-ring (bicyclic) bond motifs is 2. The molecule has 4 heterocycles. The van der Waals surface area contributed by atoms with Gasteiger partial charge in [-0.25, -0.2) is 4.98 Å². The number of hydrogen-bond donors (Lipinski definition) is 2. The van der Waals surface area contributed by atoms with Gasteiger partial charge in [0.05, 0.1) is 18.9 Å². The third-order valence-corrected chi connectivity index (χ3v) is 5.36. The molecule has 0 spiro atoms. The van der Waals surface area contributed by atoms with Crippen molar-refractivity contribution in [3.8, 4) is 0 Å². The number of hydrogen-bond acceptors (Lipinski definition) is 5. The van der Waals surface area contributed by atoms with Gasteiger partial charge in [0.15, 0.2) is 0 Å². The summed E-state index contributed by atoms with van der Waals surface area (Å²) in [5.41, 5.74) is 5.60. The van der Waals surface area contributed by atoms with Crippen LogP contribution >= 0.6 is 0 Å². The minimum Gasteiger partial charge on any atom is -0.375 e. The van der Waals surface area contributed by atoms with Gasteiger partial charge in [-0.05, 0) is 36.2 Å². The van der Waals surface area contributed by atoms with Crippen LogP contribution in [0.15, 0.2) is 60.8 Å². The molecule has 0 bridgehead atoms. The summed E-state index contributed by atoms with van der Waals surface area (Å²) in [6.07, 6.45) is 2.68. The predicted octanol–water partition coefficient (Wildman–Crippen LogP) is 3.97. The molecular formula is C24H23N5O2. The molecule has 0 aliphatic carbocycles. The molecule has 0 atom stereocenters. The van der Waals surface area contributed by atoms with Gasteiger partial charge >= 0.3 is 0 Å². The Kier molecular flexibility index (Phi) is 5.09. The number of anilines is 2. The summed E-state index contributed by atoms with van der Waals surface area (Å²) in [6.45, 7) is 3.69. The normalized spacial score (nSPS) is 13.1. The SMILES string of the molecule is Cc1cc2cccc(C(=O)Nc3nc4c(c(NCc5ccccc5)n3)CCOC4)n2c1. The first-order valence-electron chi connectivity index (χ1n) is 10.3. The van der Waals surface area contributed by atoms with E-state index in [0.717, 1.165) is 40.1 Å². The van der Waals surface area contributed by atoms with Crippen LogP contribution in [-0.4, -0.2) is 26.9 Å². The molecule has 0 saturated heterocycles. The summed E-state index contributed by atoms with van der Waals surface area (Å²) in [6, 6.07) is 17.8. The van der Waals surface area contributed by atoms with E-state index in [-0.39, 0.29) is 11.9 Å². The van der Waals surface area contributed by atoms with Crippen molar-refractivity contribution in [3.63, 3.8) is 0 Å². The summed E-state index contributed by atoms with van der Waals surface area (Å²) in [4.78, 5) is 22.2. The second-order valence-corrected chi connectivity index (χ2v) is 7.64. The zero-order valence-corrected chi connectivity index (χ0v) is 17.3. The standard InChI is InChI=1S/C24H23N5O2/c1-16-12-18-8-5-9-21(29(18)14-16)23(30)28-24-26-20-15-31-11-10-19(20)22(27-24)25-13-17-6-3-2-4-7-17/h2-9,12,14H,10-11,13,15H2,1H3,(H2,25,26,27,28,30). The summed E-state index contributed by atoms with van der Waals surface area (Å²) >= 11 is 0. The van der Waals surface area contributed by atoms with Crippen molar-refractivity contribution in [2.45, 2.75) is 26.5 Å². The predicted molar refractivity (Wildman–Crippen MR) is 119 cm³/mol. The van der Waals surface area contributed by atoms with Gasteiger partial charge < -0.3 is 14.5 Å². The quantitative estimate of drug-likeness (QED) is 0.517. The second-order valence-electron chi connectivity index (χ2n) is 7.64. The number of nitrogens with zero attached hydrogens (tertiary/aromatic N) is 3. The molecule has 0 fully saturated rings. The molecule has 4 aromatic rings. The highest BCUT2D eigenvalue weighted by Gasteiger charge is 2.20. The Morgan fingerprint density at radius 1 is 1.13 bits per heavy atom. The maximum atomic E-state index is 13.0. The number of pyridine rings is 1. The Balaban J connectivity index is 1.44. The lowest BCUT2D eigenvalue weighted by atomic mass is 10.1. The highest BCUT2D eigenvalue weighted by Crippen LogP contribution is 2.24. The third kappa shape index (κ3) is 4.00. The summed E-state index contributed by atoms with van der Waals surface area (Å²) in [5.74, 6) is 0.750. The average molecular weight is 413 g/mol. The van der Waals surface area contributed by atoms with Crippen molar-refractivity contribution in [2.75, 3.05) is 17.2 Å². The molecule has 0 saturated carbocycles. The second kappa shape index (κ2) is 8.20. The lowest BCUT2D eigenvalue weighted by molar-refractivity contribution is 0.101. The molecule has 3 aromatic heterocycles. The van der Waals surface area contributed by atoms with Crippen molar-refractivity contribution >= 4 is 23.2 Å². The topological polar surface area (TPSA) is 80.5 Å². The summed E-state index contributed by atoms with van der Waals surface area (Å²) in [7, 11) is 0. The zero-order valence-electron chi connectivity index (χ0n) is 17.3. The molecule has 0 radical (unpaired) electrons. The molecule has 1 aromatic carbocycles. The van der Waals surface area contributed by atoms with Crippen LogP contribution in [0.4, 0.5) is 11.8 Å². The van der Waals surface area contributed by atoms with Crippen molar-refractivity contribution in [2.24, 2.45) is 0 Å². The summed E-state index contributed by atoms with van der Waals surface area (Å²) in [5, 5.41) is 6.28. The minimum absolute atomic E-state index is 0.258. The van der Waals surface area contributed by atoms with Crippen LogP contribution in [0.1, 0.15) is 32.9 Å². The Morgan fingerprint density at radius 2 is 2.00 bits per heavy atom. The van der Waals surface area contributed by atoms with E-state index in [1.54, 1.807) is 6.07 Å². The molecule has 156 valence electrons. The molecule has 2 N–H and O–H groups in total. The van der Waals surface area contributed by atoms with Crippen LogP contribution in [0.3, 0.4) is 0 Å². The first-order chi connectivity index (χ1) is 15.2. The van der Waals surface area contributed by atoms with Crippen LogP contribution in [0.25, 0.3) is 5.52 Å². The molecule has 5 rings (SSSR count). The first-order valence-corrected chi connectivity index (χ1v) is 10.3. The fourth-order valence-corrected chi connectivity index (χ4v) is 3.86. The molecule has 7 nitrogen and oxygen atoms in total. The molecular weight excluding hydrogens is 390 g/mol. The van der Waals surface area contributed by atoms with Gasteiger partial charge in [-0.1, -0.05) is 36.4 Å². The number of amides is 1. The van der Waals surface area contributed by atoms with Gasteiger partial charge in [0.2, 0.25) is 5.95 Å². The van der Waals surface area contributed by atoms with Gasteiger partial charge in [-0.15, -0.1) is 0 Å². The van der Waals surface area contributed by atoms with Crippen LogP contribution in [-0.2, 0) is 24.3 Å². The zero-order chi connectivity index (χ0) is 21.2. The number of ether oxygens (including phenoxy) is 1. The van der Waals surface area contributed by atoms with E-state index in [0.29, 0.717) is 25.5 Å². The van der Waals surface area contributed by atoms with E-state index in [4.69, 9.17) is 4.74 Å². The fraction of sp³-hybridized carbons (Fsp3) is 0.208. The monoisotopic (exact) mass is 413 g/mol. The Hall–Kier alpha value is -3.71. The Labute approximate surface area is 180 Å². The smallest absolute Gasteiger partial charge is 0.274 e. The molecule has 1 amide bonds. The minimum atomic E-state index is -0.258. The molecule has 0 unspecified atom stereocenters. The van der Waals surface area contributed by atoms with Crippen LogP contribution in [0.2, 0.25) is 0 Å². The van der Waals surface area contributed by atoms with Crippen molar-refractivity contribution < 1.29 is 9.53 Å². The number of nitrogens with one attached hydrogen (secondary N) is 2. The lowest BCUT2D eigenvalue weighted by Gasteiger charge is -2.20. The fourth-order valence-electron chi connectivity index (χ4n) is 3.86. The van der Waals surface area contributed by atoms with Crippen molar-refractivity contribution in [1.82, 2.24) is 14.4 Å². The third-order valence-electron chi connectivity index (χ3n) is 5.36. The number of carbonyl (C=O) groups is 1. The van der Waals surface area contributed by atoms with E-state index >= 15 is 0 Å². The lowest BCUT2D eigenvalue weighted by Crippen LogP contribution is -2.21. The average Bonchev–Trinajstić information content (AvgIpc) is 3.18. The van der Waals surface area contributed by atoms with E-state index < -0.39 is 0 Å². The van der Waals surface area contributed by atoms with Crippen molar-refractivity contribution in [3.05, 3.63) is 88.9 Å². The number of rotatable bonds is 5. The number of aryl methyl sites for hydroxylation is 1. The summed E-state index contributed by atoms with van der Waals surface area (Å²) < 4.78 is 7.46. The Bertz CT molecular complexity index is 1250. The van der Waals surface area contributed by atoms with Crippen LogP contribution in [0, 0.1) is 6.92 Å². The number of benzene rings is 1. The van der Waals surface area contributed by atoms with E-state index in [1.807, 2.05) is 53.9 Å². The van der Waals surface area contributed by atoms with Crippen molar-refractivity contribution in [1.29, 1.82) is 0 Å². The van der Waals surface area contributed by atoms with E-state index in [1.165, 1.54) is 0 Å². The maximum absolute atomic E-state index is 13.0. The van der Waals surface area contributed by atoms with Gasteiger partial charge in [0.25, 0.3) is 5.91 Å². The van der Waals surface area contributed by atoms with Gasteiger partial charge in [0.1, 0.15) is 11.5 Å². The number of aromatic nitrogens is 3. The van der Waals surface area contributed by atoms with Gasteiger partial charge in [-0.3, -0.25) is 10.1 Å². The van der Waals surface area contributed by atoms with Gasteiger partial charge in [0, 0.05) is 30.2 Å². The van der Waals surface area contributed by atoms with Crippen LogP contribution < -0.4 is 10.6 Å². The highest BCUT2D eigenvalue weighted by molar-refractivity contribution is 6.02. The van der Waals surface area contributed by atoms with E-state index in [2.05, 4.69) is 32.7 Å². The van der Waals surface area contributed by atoms with Crippen LogP contribution in [0.5, 0.6) is 0 Å². The molecule has 1 aliphatic heterocycles. The highest BCUT2D eigenvalue weighted by atomic mass is 16.5. The maximum Gasteiger partial charge on any atom is 0.274 e. The van der Waals surface area contributed by atoms with Gasteiger partial charge in [-0.2, -0.15) is 4.98 Å². The molecule has 31 heavy (non-hydrogen) atoms.